The molecule has 0 aliphatic carbocycles. The van der Waals surface area contributed by atoms with Gasteiger partial charge in [0.2, 0.25) is 0 Å². The molecule has 1 atom stereocenters. The Morgan fingerprint density at radius 3 is 2.83 bits per heavy atom. The number of halogens is 1. The van der Waals surface area contributed by atoms with Gasteiger partial charge in [-0.1, -0.05) is 15.9 Å². The fourth-order valence-electron chi connectivity index (χ4n) is 3.17. The molecule has 1 saturated heterocycles. The Kier molecular flexibility index (Phi) is 5.75. The molecule has 1 aliphatic rings. The molecule has 0 bridgehead atoms. The summed E-state index contributed by atoms with van der Waals surface area (Å²) in [4.78, 5) is 2.50. The zero-order valence-electron chi connectivity index (χ0n) is 13.4. The van der Waals surface area contributed by atoms with Crippen LogP contribution in [0.15, 0.2) is 45.5 Å². The number of nitrogens with one attached hydrogen (secondary N) is 1. The van der Waals surface area contributed by atoms with Gasteiger partial charge in [-0.2, -0.15) is 0 Å². The van der Waals surface area contributed by atoms with E-state index < -0.39 is 0 Å². The molecule has 1 aromatic heterocycles. The second-order valence-electron chi connectivity index (χ2n) is 5.86. The summed E-state index contributed by atoms with van der Waals surface area (Å²) in [7, 11) is 1.71. The van der Waals surface area contributed by atoms with Crippen LogP contribution in [0, 0.1) is 0 Å². The van der Waals surface area contributed by atoms with E-state index in [1.807, 2.05) is 18.2 Å². The van der Waals surface area contributed by atoms with Crippen LogP contribution >= 0.6 is 15.9 Å². The third-order valence-electron chi connectivity index (χ3n) is 4.35. The number of likely N-dealkylation sites (tertiary alicyclic amines) is 1. The van der Waals surface area contributed by atoms with Crippen LogP contribution in [0.25, 0.3) is 0 Å². The SMILES string of the molecule is COc1ccc(Br)cc1CNCC(c1ccco1)N1CCCC1. The van der Waals surface area contributed by atoms with Crippen molar-refractivity contribution in [3.8, 4) is 5.75 Å². The molecular formula is C18H23BrN2O2. The van der Waals surface area contributed by atoms with Crippen LogP contribution in [0.2, 0.25) is 0 Å². The van der Waals surface area contributed by atoms with Crippen molar-refractivity contribution >= 4 is 15.9 Å². The molecule has 4 nitrogen and oxygen atoms in total. The number of hydrogen-bond donors (Lipinski definition) is 1. The Balaban J connectivity index is 1.64. The lowest BCUT2D eigenvalue weighted by atomic mass is 10.1. The summed E-state index contributed by atoms with van der Waals surface area (Å²) in [5.41, 5.74) is 1.15. The fourth-order valence-corrected chi connectivity index (χ4v) is 3.58. The van der Waals surface area contributed by atoms with Crippen LogP contribution < -0.4 is 10.1 Å². The van der Waals surface area contributed by atoms with Crippen LogP contribution in [-0.2, 0) is 6.54 Å². The summed E-state index contributed by atoms with van der Waals surface area (Å²) in [5.74, 6) is 1.96. The zero-order chi connectivity index (χ0) is 16.1. The minimum Gasteiger partial charge on any atom is -0.496 e. The van der Waals surface area contributed by atoms with Gasteiger partial charge in [-0.05, 0) is 56.3 Å². The van der Waals surface area contributed by atoms with Gasteiger partial charge in [0.1, 0.15) is 11.5 Å². The minimum atomic E-state index is 0.297. The first-order valence-corrected chi connectivity index (χ1v) is 8.88. The van der Waals surface area contributed by atoms with Crippen molar-refractivity contribution in [2.24, 2.45) is 0 Å². The predicted molar refractivity (Wildman–Crippen MR) is 94.7 cm³/mol. The van der Waals surface area contributed by atoms with Crippen LogP contribution in [0.4, 0.5) is 0 Å². The second-order valence-corrected chi connectivity index (χ2v) is 6.78. The summed E-state index contributed by atoms with van der Waals surface area (Å²) in [6, 6.07) is 10.4. The Hall–Kier alpha value is -1.30. The molecule has 0 radical (unpaired) electrons. The first kappa shape index (κ1) is 16.6. The first-order valence-electron chi connectivity index (χ1n) is 8.08. The molecule has 1 aliphatic heterocycles. The van der Waals surface area contributed by atoms with Gasteiger partial charge in [-0.15, -0.1) is 0 Å². The number of hydrogen-bond acceptors (Lipinski definition) is 4. The molecule has 0 saturated carbocycles. The lowest BCUT2D eigenvalue weighted by molar-refractivity contribution is 0.209. The van der Waals surface area contributed by atoms with Crippen molar-refractivity contribution in [2.75, 3.05) is 26.7 Å². The highest BCUT2D eigenvalue weighted by Gasteiger charge is 2.25. The lowest BCUT2D eigenvalue weighted by Gasteiger charge is -2.26. The van der Waals surface area contributed by atoms with Crippen LogP contribution in [0.3, 0.4) is 0 Å². The van der Waals surface area contributed by atoms with Gasteiger partial charge < -0.3 is 14.5 Å². The Morgan fingerprint density at radius 1 is 1.30 bits per heavy atom. The van der Waals surface area contributed by atoms with E-state index in [0.29, 0.717) is 6.04 Å². The van der Waals surface area contributed by atoms with E-state index in [4.69, 9.17) is 9.15 Å². The van der Waals surface area contributed by atoms with E-state index in [1.54, 1.807) is 13.4 Å². The number of methoxy groups -OCH3 is 1. The average molecular weight is 379 g/mol. The molecule has 1 fully saturated rings. The van der Waals surface area contributed by atoms with Crippen molar-refractivity contribution < 1.29 is 9.15 Å². The second kappa shape index (κ2) is 7.99. The number of furan rings is 1. The monoisotopic (exact) mass is 378 g/mol. The zero-order valence-corrected chi connectivity index (χ0v) is 15.0. The van der Waals surface area contributed by atoms with E-state index in [9.17, 15) is 0 Å². The third-order valence-corrected chi connectivity index (χ3v) is 4.84. The smallest absolute Gasteiger partial charge is 0.123 e. The van der Waals surface area contributed by atoms with Gasteiger partial charge in [0, 0.05) is 23.1 Å². The quantitative estimate of drug-likeness (QED) is 0.790. The Morgan fingerprint density at radius 2 is 2.13 bits per heavy atom. The summed E-state index contributed by atoms with van der Waals surface area (Å²) >= 11 is 3.53. The fraction of sp³-hybridized carbons (Fsp3) is 0.444. The van der Waals surface area contributed by atoms with E-state index in [-0.39, 0.29) is 0 Å². The van der Waals surface area contributed by atoms with Crippen molar-refractivity contribution in [3.63, 3.8) is 0 Å². The third kappa shape index (κ3) is 4.16. The first-order chi connectivity index (χ1) is 11.3. The highest BCUT2D eigenvalue weighted by molar-refractivity contribution is 9.10. The van der Waals surface area contributed by atoms with E-state index in [1.165, 1.54) is 12.8 Å². The van der Waals surface area contributed by atoms with Gasteiger partial charge in [-0.3, -0.25) is 4.90 Å². The van der Waals surface area contributed by atoms with Crippen LogP contribution in [0.5, 0.6) is 5.75 Å². The maximum Gasteiger partial charge on any atom is 0.123 e. The van der Waals surface area contributed by atoms with Gasteiger partial charge in [0.15, 0.2) is 0 Å². The van der Waals surface area contributed by atoms with Gasteiger partial charge in [0.05, 0.1) is 19.4 Å². The average Bonchev–Trinajstić information content (AvgIpc) is 3.25. The molecule has 23 heavy (non-hydrogen) atoms. The topological polar surface area (TPSA) is 37.6 Å². The number of benzene rings is 1. The van der Waals surface area contributed by atoms with Gasteiger partial charge in [-0.25, -0.2) is 0 Å². The molecule has 1 aromatic carbocycles. The molecule has 1 N–H and O–H groups in total. The highest BCUT2D eigenvalue weighted by atomic mass is 79.9. The molecule has 0 amide bonds. The summed E-state index contributed by atoms with van der Waals surface area (Å²) in [6.07, 6.45) is 4.31. The molecule has 2 heterocycles. The van der Waals surface area contributed by atoms with Crippen molar-refractivity contribution in [3.05, 3.63) is 52.4 Å². The maximum atomic E-state index is 5.66. The molecule has 0 spiro atoms. The van der Waals surface area contributed by atoms with Crippen molar-refractivity contribution in [2.45, 2.75) is 25.4 Å². The van der Waals surface area contributed by atoms with Gasteiger partial charge >= 0.3 is 0 Å². The van der Waals surface area contributed by atoms with E-state index in [2.05, 4.69) is 38.3 Å². The summed E-state index contributed by atoms with van der Waals surface area (Å²) in [6.45, 7) is 3.93. The lowest BCUT2D eigenvalue weighted by Crippen LogP contribution is -2.33. The van der Waals surface area contributed by atoms with Crippen molar-refractivity contribution in [1.29, 1.82) is 0 Å². The van der Waals surface area contributed by atoms with Gasteiger partial charge in [0.25, 0.3) is 0 Å². The minimum absolute atomic E-state index is 0.297. The van der Waals surface area contributed by atoms with Crippen LogP contribution in [0.1, 0.15) is 30.2 Å². The summed E-state index contributed by atoms with van der Waals surface area (Å²) in [5, 5.41) is 3.57. The Labute approximate surface area is 145 Å². The Bertz CT molecular complexity index is 609. The largest absolute Gasteiger partial charge is 0.496 e. The van der Waals surface area contributed by atoms with Crippen molar-refractivity contribution in [1.82, 2.24) is 10.2 Å². The molecule has 124 valence electrons. The number of ether oxygens (including phenoxy) is 1. The summed E-state index contributed by atoms with van der Waals surface area (Å²) < 4.78 is 12.2. The highest BCUT2D eigenvalue weighted by Crippen LogP contribution is 2.26. The molecule has 1 unspecified atom stereocenters. The number of rotatable bonds is 7. The standard InChI is InChI=1S/C18H23BrN2O2/c1-22-17-7-6-15(19)11-14(17)12-20-13-16(18-5-4-10-23-18)21-8-2-3-9-21/h4-7,10-11,16,20H,2-3,8-9,12-13H2,1H3. The van der Waals surface area contributed by atoms with E-state index >= 15 is 0 Å². The van der Waals surface area contributed by atoms with E-state index in [0.717, 1.165) is 47.7 Å². The molecular weight excluding hydrogens is 356 g/mol. The predicted octanol–water partition coefficient (Wildman–Crippen LogP) is 3.98. The number of nitrogens with zero attached hydrogens (tertiary/aromatic N) is 1. The molecule has 5 heteroatoms. The van der Waals surface area contributed by atoms with Crippen LogP contribution in [-0.4, -0.2) is 31.6 Å². The molecule has 3 rings (SSSR count). The normalized spacial score (nSPS) is 16.6. The maximum absolute atomic E-state index is 5.66. The molecule has 2 aromatic rings.